The largest absolute Gasteiger partial charge is 0.338 e. The van der Waals surface area contributed by atoms with Gasteiger partial charge in [0.25, 0.3) is 5.91 Å². The van der Waals surface area contributed by atoms with Crippen LogP contribution in [0.3, 0.4) is 0 Å². The Morgan fingerprint density at radius 3 is 2.92 bits per heavy atom. The standard InChI is InChI=1S/C9H12ClNOS/c1-2-11(5-4-10)9(12)8-3-6-13-7-8/h3,6-7H,2,4-5H2,1H3. The number of alkyl halides is 1. The number of rotatable bonds is 4. The monoisotopic (exact) mass is 217 g/mol. The Morgan fingerprint density at radius 1 is 1.69 bits per heavy atom. The summed E-state index contributed by atoms with van der Waals surface area (Å²) in [6.45, 7) is 3.28. The van der Waals surface area contributed by atoms with E-state index >= 15 is 0 Å². The van der Waals surface area contributed by atoms with E-state index in [1.165, 1.54) is 11.3 Å². The molecule has 1 aromatic heterocycles. The lowest BCUT2D eigenvalue weighted by molar-refractivity contribution is 0.0774. The molecule has 0 aliphatic carbocycles. The Balaban J connectivity index is 2.65. The Hall–Kier alpha value is -0.540. The number of thiophene rings is 1. The first kappa shape index (κ1) is 10.5. The van der Waals surface area contributed by atoms with Gasteiger partial charge in [-0.15, -0.1) is 11.6 Å². The molecule has 0 aliphatic rings. The molecule has 0 radical (unpaired) electrons. The van der Waals surface area contributed by atoms with E-state index in [0.717, 1.165) is 5.56 Å². The third kappa shape index (κ3) is 2.71. The number of carbonyl (C=O) groups is 1. The normalized spacial score (nSPS) is 10.0. The van der Waals surface area contributed by atoms with Crippen molar-refractivity contribution in [2.24, 2.45) is 0 Å². The van der Waals surface area contributed by atoms with E-state index in [-0.39, 0.29) is 5.91 Å². The van der Waals surface area contributed by atoms with Gasteiger partial charge in [-0.1, -0.05) is 0 Å². The molecule has 0 saturated heterocycles. The predicted octanol–water partition coefficient (Wildman–Crippen LogP) is 2.45. The van der Waals surface area contributed by atoms with Gasteiger partial charge in [-0.2, -0.15) is 11.3 Å². The minimum absolute atomic E-state index is 0.0735. The summed E-state index contributed by atoms with van der Waals surface area (Å²) >= 11 is 7.12. The van der Waals surface area contributed by atoms with Gasteiger partial charge in [0.15, 0.2) is 0 Å². The average Bonchev–Trinajstić information content (AvgIpc) is 2.65. The molecule has 4 heteroatoms. The van der Waals surface area contributed by atoms with Crippen LogP contribution in [0.25, 0.3) is 0 Å². The van der Waals surface area contributed by atoms with Crippen LogP contribution in [0.15, 0.2) is 16.8 Å². The quantitative estimate of drug-likeness (QED) is 0.710. The van der Waals surface area contributed by atoms with Crippen molar-refractivity contribution in [3.8, 4) is 0 Å². The fraction of sp³-hybridized carbons (Fsp3) is 0.444. The zero-order valence-electron chi connectivity index (χ0n) is 7.50. The van der Waals surface area contributed by atoms with Gasteiger partial charge in [0.1, 0.15) is 0 Å². The highest BCUT2D eigenvalue weighted by atomic mass is 35.5. The number of amides is 1. The number of hydrogen-bond acceptors (Lipinski definition) is 2. The minimum Gasteiger partial charge on any atom is -0.338 e. The molecular formula is C9H12ClNOS. The van der Waals surface area contributed by atoms with Crippen molar-refractivity contribution in [3.05, 3.63) is 22.4 Å². The molecule has 1 amide bonds. The van der Waals surface area contributed by atoms with Crippen LogP contribution in [-0.2, 0) is 0 Å². The van der Waals surface area contributed by atoms with E-state index in [4.69, 9.17) is 11.6 Å². The van der Waals surface area contributed by atoms with E-state index in [1.807, 2.05) is 23.8 Å². The van der Waals surface area contributed by atoms with Gasteiger partial charge in [-0.25, -0.2) is 0 Å². The molecule has 72 valence electrons. The Kier molecular flexibility index (Phi) is 4.25. The molecule has 1 aromatic rings. The molecular weight excluding hydrogens is 206 g/mol. The number of nitrogens with zero attached hydrogens (tertiary/aromatic N) is 1. The molecule has 2 nitrogen and oxygen atoms in total. The van der Waals surface area contributed by atoms with Crippen molar-refractivity contribution >= 4 is 28.8 Å². The molecule has 0 aliphatic heterocycles. The van der Waals surface area contributed by atoms with Gasteiger partial charge in [0.05, 0.1) is 5.56 Å². The lowest BCUT2D eigenvalue weighted by Gasteiger charge is -2.18. The smallest absolute Gasteiger partial charge is 0.254 e. The lowest BCUT2D eigenvalue weighted by atomic mass is 10.3. The molecule has 1 rings (SSSR count). The Morgan fingerprint density at radius 2 is 2.46 bits per heavy atom. The molecule has 0 fully saturated rings. The van der Waals surface area contributed by atoms with Crippen LogP contribution in [0.4, 0.5) is 0 Å². The van der Waals surface area contributed by atoms with Crippen LogP contribution in [0.2, 0.25) is 0 Å². The third-order valence-corrected chi connectivity index (χ3v) is 2.64. The van der Waals surface area contributed by atoms with Crippen LogP contribution in [-0.4, -0.2) is 29.8 Å². The maximum Gasteiger partial charge on any atom is 0.254 e. The highest BCUT2D eigenvalue weighted by Gasteiger charge is 2.12. The Labute approximate surface area is 87.1 Å². The molecule has 0 atom stereocenters. The van der Waals surface area contributed by atoms with Crippen LogP contribution in [0.5, 0.6) is 0 Å². The summed E-state index contributed by atoms with van der Waals surface area (Å²) in [5, 5.41) is 3.76. The summed E-state index contributed by atoms with van der Waals surface area (Å²) in [5.74, 6) is 0.563. The van der Waals surface area contributed by atoms with Gasteiger partial charge >= 0.3 is 0 Å². The maximum atomic E-state index is 11.7. The number of carbonyl (C=O) groups excluding carboxylic acids is 1. The molecule has 0 bridgehead atoms. The molecule has 0 unspecified atom stereocenters. The van der Waals surface area contributed by atoms with Crippen LogP contribution in [0, 0.1) is 0 Å². The summed E-state index contributed by atoms with van der Waals surface area (Å²) in [7, 11) is 0. The highest BCUT2D eigenvalue weighted by molar-refractivity contribution is 7.08. The topological polar surface area (TPSA) is 20.3 Å². The summed E-state index contributed by atoms with van der Waals surface area (Å²) in [5.41, 5.74) is 0.761. The van der Waals surface area contributed by atoms with Crippen LogP contribution < -0.4 is 0 Å². The second kappa shape index (κ2) is 5.25. The molecule has 13 heavy (non-hydrogen) atoms. The fourth-order valence-electron chi connectivity index (χ4n) is 1.07. The van der Waals surface area contributed by atoms with Crippen molar-refractivity contribution in [3.63, 3.8) is 0 Å². The lowest BCUT2D eigenvalue weighted by Crippen LogP contribution is -2.32. The average molecular weight is 218 g/mol. The van der Waals surface area contributed by atoms with Crippen LogP contribution >= 0.6 is 22.9 Å². The van der Waals surface area contributed by atoms with Crippen molar-refractivity contribution in [2.45, 2.75) is 6.92 Å². The maximum absolute atomic E-state index is 11.7. The van der Waals surface area contributed by atoms with E-state index < -0.39 is 0 Å². The Bertz CT molecular complexity index is 261. The first-order valence-electron chi connectivity index (χ1n) is 4.17. The minimum atomic E-state index is 0.0735. The van der Waals surface area contributed by atoms with Gasteiger partial charge in [-0.05, 0) is 18.4 Å². The fourth-order valence-corrected chi connectivity index (χ4v) is 1.91. The molecule has 0 N–H and O–H groups in total. The summed E-state index contributed by atoms with van der Waals surface area (Å²) in [6, 6.07) is 1.84. The van der Waals surface area contributed by atoms with Crippen molar-refractivity contribution in [2.75, 3.05) is 19.0 Å². The van der Waals surface area contributed by atoms with E-state index in [2.05, 4.69) is 0 Å². The van der Waals surface area contributed by atoms with Crippen LogP contribution in [0.1, 0.15) is 17.3 Å². The molecule has 0 saturated carbocycles. The molecule has 0 spiro atoms. The summed E-state index contributed by atoms with van der Waals surface area (Å²) in [6.07, 6.45) is 0. The number of halogens is 1. The highest BCUT2D eigenvalue weighted by Crippen LogP contribution is 2.09. The number of hydrogen-bond donors (Lipinski definition) is 0. The van der Waals surface area contributed by atoms with E-state index in [1.54, 1.807) is 4.90 Å². The zero-order chi connectivity index (χ0) is 9.68. The first-order chi connectivity index (χ1) is 6.29. The van der Waals surface area contributed by atoms with E-state index in [9.17, 15) is 4.79 Å². The first-order valence-corrected chi connectivity index (χ1v) is 5.64. The second-order valence-electron chi connectivity index (χ2n) is 2.59. The summed E-state index contributed by atoms with van der Waals surface area (Å²) < 4.78 is 0. The van der Waals surface area contributed by atoms with E-state index in [0.29, 0.717) is 19.0 Å². The van der Waals surface area contributed by atoms with Gasteiger partial charge in [-0.3, -0.25) is 4.79 Å². The zero-order valence-corrected chi connectivity index (χ0v) is 9.07. The SMILES string of the molecule is CCN(CCCl)C(=O)c1ccsc1. The van der Waals surface area contributed by atoms with Gasteiger partial charge in [0.2, 0.25) is 0 Å². The molecule has 1 heterocycles. The summed E-state index contributed by atoms with van der Waals surface area (Å²) in [4.78, 5) is 13.4. The van der Waals surface area contributed by atoms with Crippen molar-refractivity contribution in [1.29, 1.82) is 0 Å². The third-order valence-electron chi connectivity index (χ3n) is 1.79. The second-order valence-corrected chi connectivity index (χ2v) is 3.74. The molecule has 0 aromatic carbocycles. The van der Waals surface area contributed by atoms with Crippen molar-refractivity contribution < 1.29 is 4.79 Å². The predicted molar refractivity (Wildman–Crippen MR) is 56.6 cm³/mol. The van der Waals surface area contributed by atoms with Gasteiger partial charge < -0.3 is 4.90 Å². The van der Waals surface area contributed by atoms with Crippen molar-refractivity contribution in [1.82, 2.24) is 4.90 Å². The van der Waals surface area contributed by atoms with Gasteiger partial charge in [0, 0.05) is 24.3 Å².